The van der Waals surface area contributed by atoms with Crippen molar-refractivity contribution in [3.05, 3.63) is 78.0 Å². The van der Waals surface area contributed by atoms with Gasteiger partial charge in [0.1, 0.15) is 11.4 Å². The third-order valence-electron chi connectivity index (χ3n) is 4.68. The van der Waals surface area contributed by atoms with Crippen molar-refractivity contribution in [2.75, 3.05) is 13.4 Å². The van der Waals surface area contributed by atoms with E-state index in [9.17, 15) is 4.79 Å². The van der Waals surface area contributed by atoms with Gasteiger partial charge in [-0.2, -0.15) is 10.2 Å². The summed E-state index contributed by atoms with van der Waals surface area (Å²) in [6.07, 6.45) is 3.63. The molecule has 0 saturated carbocycles. The molecule has 4 aromatic rings. The van der Waals surface area contributed by atoms with Crippen molar-refractivity contribution in [2.45, 2.75) is 4.90 Å². The highest BCUT2D eigenvalue weighted by Crippen LogP contribution is 2.36. The third-order valence-corrected chi connectivity index (χ3v) is 5.43. The zero-order chi connectivity index (χ0) is 20.9. The molecule has 0 bridgehead atoms. The number of ether oxygens (including phenoxy) is 1. The summed E-state index contributed by atoms with van der Waals surface area (Å²) in [7, 11) is 1.62. The predicted octanol–water partition coefficient (Wildman–Crippen LogP) is 4.72. The molecule has 150 valence electrons. The number of hydrogen-bond acceptors (Lipinski definition) is 5. The lowest BCUT2D eigenvalue weighted by atomic mass is 10.0. The molecule has 0 radical (unpaired) electrons. The van der Waals surface area contributed by atoms with Gasteiger partial charge in [-0.1, -0.05) is 42.5 Å². The van der Waals surface area contributed by atoms with Crippen LogP contribution in [0.5, 0.6) is 5.75 Å². The van der Waals surface area contributed by atoms with Gasteiger partial charge in [-0.15, -0.1) is 11.8 Å². The third kappa shape index (κ3) is 4.06. The van der Waals surface area contributed by atoms with E-state index >= 15 is 0 Å². The second-order valence-electron chi connectivity index (χ2n) is 6.50. The van der Waals surface area contributed by atoms with Crippen LogP contribution >= 0.6 is 11.8 Å². The van der Waals surface area contributed by atoms with Gasteiger partial charge >= 0.3 is 0 Å². The van der Waals surface area contributed by atoms with E-state index in [4.69, 9.17) is 4.74 Å². The van der Waals surface area contributed by atoms with Gasteiger partial charge in [-0.05, 0) is 46.9 Å². The molecule has 0 unspecified atom stereocenters. The molecule has 1 aromatic heterocycles. The molecule has 0 aliphatic carbocycles. The Kier molecular flexibility index (Phi) is 5.81. The first-order valence-electron chi connectivity index (χ1n) is 9.28. The van der Waals surface area contributed by atoms with Crippen molar-refractivity contribution >= 4 is 34.7 Å². The standard InChI is InChI=1S/C23H20N4O2S/c1-29-21-12-9-16-5-3-4-6-18(16)22(21)19-13-20(26-25-19)23(28)27-24-14-15-7-10-17(30-2)11-8-15/h3-14H,1-2H3,(H,25,26)(H,27,28)/b24-14-. The van der Waals surface area contributed by atoms with Gasteiger partial charge in [0.25, 0.3) is 5.91 Å². The minimum atomic E-state index is -0.370. The predicted molar refractivity (Wildman–Crippen MR) is 121 cm³/mol. The first-order chi connectivity index (χ1) is 14.7. The summed E-state index contributed by atoms with van der Waals surface area (Å²) in [6, 6.07) is 21.5. The summed E-state index contributed by atoms with van der Waals surface area (Å²) in [4.78, 5) is 13.6. The molecule has 7 heteroatoms. The molecule has 4 rings (SSSR count). The van der Waals surface area contributed by atoms with Crippen molar-refractivity contribution < 1.29 is 9.53 Å². The van der Waals surface area contributed by atoms with E-state index in [2.05, 4.69) is 20.7 Å². The fourth-order valence-corrected chi connectivity index (χ4v) is 3.58. The summed E-state index contributed by atoms with van der Waals surface area (Å²) < 4.78 is 5.53. The second-order valence-corrected chi connectivity index (χ2v) is 7.38. The van der Waals surface area contributed by atoms with Gasteiger partial charge in [0.15, 0.2) is 0 Å². The fraction of sp³-hybridized carbons (Fsp3) is 0.0870. The average Bonchev–Trinajstić information content (AvgIpc) is 3.28. The zero-order valence-corrected chi connectivity index (χ0v) is 17.4. The van der Waals surface area contributed by atoms with Gasteiger partial charge in [-0.3, -0.25) is 9.89 Å². The van der Waals surface area contributed by atoms with E-state index in [1.165, 1.54) is 4.90 Å². The number of nitrogens with one attached hydrogen (secondary N) is 2. The van der Waals surface area contributed by atoms with Gasteiger partial charge in [0, 0.05) is 4.90 Å². The highest BCUT2D eigenvalue weighted by Gasteiger charge is 2.16. The second kappa shape index (κ2) is 8.84. The maximum Gasteiger partial charge on any atom is 0.289 e. The number of carbonyl (C=O) groups excluding carboxylic acids is 1. The molecule has 0 atom stereocenters. The Morgan fingerprint density at radius 1 is 1.13 bits per heavy atom. The van der Waals surface area contributed by atoms with Crippen LogP contribution in [0.25, 0.3) is 22.0 Å². The number of methoxy groups -OCH3 is 1. The van der Waals surface area contributed by atoms with Crippen LogP contribution in [0.1, 0.15) is 16.1 Å². The molecule has 0 aliphatic heterocycles. The largest absolute Gasteiger partial charge is 0.496 e. The molecular weight excluding hydrogens is 396 g/mol. The molecule has 6 nitrogen and oxygen atoms in total. The summed E-state index contributed by atoms with van der Waals surface area (Å²) >= 11 is 1.67. The highest BCUT2D eigenvalue weighted by atomic mass is 32.2. The maximum absolute atomic E-state index is 12.5. The average molecular weight is 417 g/mol. The maximum atomic E-state index is 12.5. The Morgan fingerprint density at radius 2 is 1.93 bits per heavy atom. The summed E-state index contributed by atoms with van der Waals surface area (Å²) in [5.74, 6) is 0.323. The van der Waals surface area contributed by atoms with E-state index in [-0.39, 0.29) is 5.91 Å². The van der Waals surface area contributed by atoms with Crippen LogP contribution in [0.3, 0.4) is 0 Å². The minimum absolute atomic E-state index is 0.315. The number of fused-ring (bicyclic) bond motifs is 1. The van der Waals surface area contributed by atoms with Crippen molar-refractivity contribution in [1.82, 2.24) is 15.6 Å². The Labute approximate surface area is 178 Å². The number of amides is 1. The van der Waals surface area contributed by atoms with E-state index in [1.807, 2.05) is 66.9 Å². The Balaban J connectivity index is 1.55. The summed E-state index contributed by atoms with van der Waals surface area (Å²) in [6.45, 7) is 0. The minimum Gasteiger partial charge on any atom is -0.496 e. The number of H-pyrrole nitrogens is 1. The number of carbonyl (C=O) groups is 1. The highest BCUT2D eigenvalue weighted by molar-refractivity contribution is 7.98. The van der Waals surface area contributed by atoms with Crippen molar-refractivity contribution in [2.24, 2.45) is 5.10 Å². The van der Waals surface area contributed by atoms with Crippen LogP contribution in [-0.4, -0.2) is 35.7 Å². The van der Waals surface area contributed by atoms with E-state index in [0.29, 0.717) is 17.1 Å². The first-order valence-corrected chi connectivity index (χ1v) is 10.5. The van der Waals surface area contributed by atoms with Crippen LogP contribution < -0.4 is 10.2 Å². The van der Waals surface area contributed by atoms with E-state index < -0.39 is 0 Å². The fourth-order valence-electron chi connectivity index (χ4n) is 3.17. The van der Waals surface area contributed by atoms with Crippen LogP contribution in [0.4, 0.5) is 0 Å². The summed E-state index contributed by atoms with van der Waals surface area (Å²) in [5, 5.41) is 13.2. The number of aromatic amines is 1. The molecular formula is C23H20N4O2S. The SMILES string of the molecule is COc1ccc2ccccc2c1-c1cc(C(=O)N/N=C\c2ccc(SC)cc2)[nH]n1. The Bertz CT molecular complexity index is 1220. The van der Waals surface area contributed by atoms with Crippen LogP contribution in [0, 0.1) is 0 Å². The van der Waals surface area contributed by atoms with Crippen LogP contribution in [-0.2, 0) is 0 Å². The van der Waals surface area contributed by atoms with E-state index in [1.54, 1.807) is 31.2 Å². The lowest BCUT2D eigenvalue weighted by Gasteiger charge is -2.09. The number of hydrogen-bond donors (Lipinski definition) is 2. The number of thioether (sulfide) groups is 1. The summed E-state index contributed by atoms with van der Waals surface area (Å²) in [5.41, 5.74) is 5.21. The lowest BCUT2D eigenvalue weighted by molar-refractivity contribution is 0.0950. The molecule has 30 heavy (non-hydrogen) atoms. The molecule has 3 aromatic carbocycles. The molecule has 2 N–H and O–H groups in total. The topological polar surface area (TPSA) is 79.4 Å². The molecule has 1 heterocycles. The molecule has 0 aliphatic rings. The molecule has 0 spiro atoms. The smallest absolute Gasteiger partial charge is 0.289 e. The van der Waals surface area contributed by atoms with Crippen molar-refractivity contribution in [3.63, 3.8) is 0 Å². The normalized spacial score (nSPS) is 11.1. The Morgan fingerprint density at radius 3 is 2.70 bits per heavy atom. The number of nitrogens with zero attached hydrogens (tertiary/aromatic N) is 2. The molecule has 0 fully saturated rings. The number of aromatic nitrogens is 2. The van der Waals surface area contributed by atoms with Crippen molar-refractivity contribution in [1.29, 1.82) is 0 Å². The van der Waals surface area contributed by atoms with Gasteiger partial charge in [0.2, 0.25) is 0 Å². The molecule has 1 amide bonds. The van der Waals surface area contributed by atoms with Crippen molar-refractivity contribution in [3.8, 4) is 17.0 Å². The lowest BCUT2D eigenvalue weighted by Crippen LogP contribution is -2.17. The Hall–Kier alpha value is -3.58. The quantitative estimate of drug-likeness (QED) is 0.271. The van der Waals surface area contributed by atoms with Crippen LogP contribution in [0.2, 0.25) is 0 Å². The number of hydrazone groups is 1. The zero-order valence-electron chi connectivity index (χ0n) is 16.5. The molecule has 0 saturated heterocycles. The first kappa shape index (κ1) is 19.7. The van der Waals surface area contributed by atoms with Gasteiger partial charge in [0.05, 0.1) is 24.6 Å². The number of benzene rings is 3. The van der Waals surface area contributed by atoms with E-state index in [0.717, 1.165) is 21.9 Å². The van der Waals surface area contributed by atoms with Crippen LogP contribution in [0.15, 0.2) is 76.7 Å². The van der Waals surface area contributed by atoms with Gasteiger partial charge in [-0.25, -0.2) is 5.43 Å². The number of rotatable bonds is 6. The van der Waals surface area contributed by atoms with Gasteiger partial charge < -0.3 is 4.74 Å². The monoisotopic (exact) mass is 416 g/mol.